The highest BCUT2D eigenvalue weighted by Gasteiger charge is 2.37. The molecule has 0 unspecified atom stereocenters. The largest absolute Gasteiger partial charge is 0.434 e. The van der Waals surface area contributed by atoms with Gasteiger partial charge in [0, 0.05) is 13.1 Å². The zero-order valence-corrected chi connectivity index (χ0v) is 11.1. The van der Waals surface area contributed by atoms with Gasteiger partial charge in [-0.2, -0.15) is 18.2 Å². The highest BCUT2D eigenvalue weighted by Crippen LogP contribution is 2.30. The molecule has 2 aromatic rings. The molecule has 0 saturated carbocycles. The Bertz CT molecular complexity index is 654. The molecular weight excluding hydrogens is 289 g/mol. The standard InChI is InChI=1S/C12H11F3N4O2/c1-6(10-18-7(2)21-19-10)17-11(20)8-4-3-5-16-9(8)12(13,14)15/h3-6H,1-2H3,(H,17,20)/t6-/m0/s1. The van der Waals surface area contributed by atoms with Crippen molar-refractivity contribution in [1.82, 2.24) is 20.4 Å². The molecule has 0 bridgehead atoms. The number of hydrogen-bond donors (Lipinski definition) is 1. The summed E-state index contributed by atoms with van der Waals surface area (Å²) in [5.74, 6) is -0.438. The number of nitrogens with zero attached hydrogens (tertiary/aromatic N) is 3. The lowest BCUT2D eigenvalue weighted by Gasteiger charge is -2.13. The maximum atomic E-state index is 12.8. The van der Waals surface area contributed by atoms with E-state index in [-0.39, 0.29) is 5.82 Å². The molecule has 1 atom stereocenters. The van der Waals surface area contributed by atoms with Crippen LogP contribution in [0.4, 0.5) is 13.2 Å². The third-order valence-electron chi connectivity index (χ3n) is 2.60. The topological polar surface area (TPSA) is 80.9 Å². The molecule has 0 spiro atoms. The SMILES string of the molecule is Cc1nc([C@H](C)NC(=O)c2cccnc2C(F)(F)F)no1. The maximum absolute atomic E-state index is 12.8. The third-order valence-corrected chi connectivity index (χ3v) is 2.60. The van der Waals surface area contributed by atoms with E-state index in [4.69, 9.17) is 4.52 Å². The molecule has 1 N–H and O–H groups in total. The van der Waals surface area contributed by atoms with Crippen molar-refractivity contribution >= 4 is 5.91 Å². The first-order chi connectivity index (χ1) is 9.79. The fraction of sp³-hybridized carbons (Fsp3) is 0.333. The van der Waals surface area contributed by atoms with Crippen LogP contribution in [0, 0.1) is 6.92 Å². The van der Waals surface area contributed by atoms with Crippen LogP contribution in [0.1, 0.15) is 40.7 Å². The molecule has 0 aliphatic heterocycles. The van der Waals surface area contributed by atoms with Gasteiger partial charge in [-0.05, 0) is 19.1 Å². The number of carbonyl (C=O) groups is 1. The molecule has 9 heteroatoms. The molecule has 0 radical (unpaired) electrons. The van der Waals surface area contributed by atoms with E-state index in [1.165, 1.54) is 13.0 Å². The van der Waals surface area contributed by atoms with Gasteiger partial charge in [0.25, 0.3) is 5.91 Å². The highest BCUT2D eigenvalue weighted by atomic mass is 19.4. The number of amides is 1. The summed E-state index contributed by atoms with van der Waals surface area (Å²) in [6.45, 7) is 3.10. The van der Waals surface area contributed by atoms with E-state index in [1.54, 1.807) is 6.92 Å². The van der Waals surface area contributed by atoms with Crippen molar-refractivity contribution in [3.63, 3.8) is 0 Å². The van der Waals surface area contributed by atoms with Crippen LogP contribution in [0.15, 0.2) is 22.9 Å². The normalized spacial score (nSPS) is 13.0. The summed E-state index contributed by atoms with van der Waals surface area (Å²) >= 11 is 0. The molecule has 6 nitrogen and oxygen atoms in total. The molecule has 0 aromatic carbocycles. The summed E-state index contributed by atoms with van der Waals surface area (Å²) in [4.78, 5) is 19.1. The minimum absolute atomic E-state index is 0.179. The van der Waals surface area contributed by atoms with Crippen LogP contribution >= 0.6 is 0 Å². The second kappa shape index (κ2) is 5.51. The Kier molecular flexibility index (Phi) is 3.92. The Labute approximate surface area is 117 Å². The Morgan fingerprint density at radius 3 is 2.71 bits per heavy atom. The first-order valence-corrected chi connectivity index (χ1v) is 5.92. The van der Waals surface area contributed by atoms with Gasteiger partial charge < -0.3 is 9.84 Å². The molecular formula is C12H11F3N4O2. The lowest BCUT2D eigenvalue weighted by molar-refractivity contribution is -0.141. The van der Waals surface area contributed by atoms with Crippen LogP contribution in [-0.2, 0) is 6.18 Å². The second-order valence-electron chi connectivity index (χ2n) is 4.26. The molecule has 21 heavy (non-hydrogen) atoms. The number of aromatic nitrogens is 3. The van der Waals surface area contributed by atoms with Crippen LogP contribution in [-0.4, -0.2) is 21.0 Å². The van der Waals surface area contributed by atoms with Crippen molar-refractivity contribution < 1.29 is 22.5 Å². The van der Waals surface area contributed by atoms with Crippen molar-refractivity contribution in [3.8, 4) is 0 Å². The molecule has 2 aromatic heterocycles. The zero-order chi connectivity index (χ0) is 15.6. The maximum Gasteiger partial charge on any atom is 0.434 e. The van der Waals surface area contributed by atoms with Gasteiger partial charge in [0.15, 0.2) is 11.5 Å². The predicted octanol–water partition coefficient (Wildman–Crippen LogP) is 2.28. The van der Waals surface area contributed by atoms with Gasteiger partial charge in [-0.3, -0.25) is 9.78 Å². The fourth-order valence-electron chi connectivity index (χ4n) is 1.64. The van der Waals surface area contributed by atoms with Crippen LogP contribution in [0.5, 0.6) is 0 Å². The van der Waals surface area contributed by atoms with Gasteiger partial charge in [0.05, 0.1) is 11.6 Å². The molecule has 0 saturated heterocycles. The molecule has 0 aliphatic carbocycles. The Hall–Kier alpha value is -2.45. The first kappa shape index (κ1) is 14.9. The second-order valence-corrected chi connectivity index (χ2v) is 4.26. The van der Waals surface area contributed by atoms with Crippen LogP contribution in [0.25, 0.3) is 0 Å². The van der Waals surface area contributed by atoms with Crippen molar-refractivity contribution in [2.45, 2.75) is 26.1 Å². The Balaban J connectivity index is 2.21. The lowest BCUT2D eigenvalue weighted by Crippen LogP contribution is -2.29. The van der Waals surface area contributed by atoms with E-state index in [0.29, 0.717) is 5.89 Å². The van der Waals surface area contributed by atoms with Crippen molar-refractivity contribution in [2.24, 2.45) is 0 Å². The summed E-state index contributed by atoms with van der Waals surface area (Å²) in [5.41, 5.74) is -1.80. The quantitative estimate of drug-likeness (QED) is 0.940. The van der Waals surface area contributed by atoms with E-state index < -0.39 is 29.4 Å². The average Bonchev–Trinajstić information content (AvgIpc) is 2.84. The van der Waals surface area contributed by atoms with Gasteiger partial charge in [-0.25, -0.2) is 0 Å². The van der Waals surface area contributed by atoms with E-state index in [2.05, 4.69) is 20.4 Å². The minimum Gasteiger partial charge on any atom is -0.342 e. The minimum atomic E-state index is -4.71. The van der Waals surface area contributed by atoms with E-state index in [0.717, 1.165) is 12.3 Å². The number of rotatable bonds is 3. The molecule has 0 aliphatic rings. The van der Waals surface area contributed by atoms with Crippen molar-refractivity contribution in [1.29, 1.82) is 0 Å². The number of halogens is 3. The van der Waals surface area contributed by atoms with Crippen molar-refractivity contribution in [2.75, 3.05) is 0 Å². The molecule has 1 amide bonds. The van der Waals surface area contributed by atoms with Gasteiger partial charge >= 0.3 is 6.18 Å². The summed E-state index contributed by atoms with van der Waals surface area (Å²) in [5, 5.41) is 5.97. The fourth-order valence-corrected chi connectivity index (χ4v) is 1.64. The number of hydrogen-bond acceptors (Lipinski definition) is 5. The van der Waals surface area contributed by atoms with E-state index in [9.17, 15) is 18.0 Å². The lowest BCUT2D eigenvalue weighted by atomic mass is 10.1. The van der Waals surface area contributed by atoms with Gasteiger partial charge in [0.1, 0.15) is 0 Å². The van der Waals surface area contributed by atoms with Gasteiger partial charge in [-0.1, -0.05) is 5.16 Å². The monoisotopic (exact) mass is 300 g/mol. The highest BCUT2D eigenvalue weighted by molar-refractivity contribution is 5.95. The number of alkyl halides is 3. The Morgan fingerprint density at radius 1 is 1.43 bits per heavy atom. The van der Waals surface area contributed by atoms with Crippen LogP contribution < -0.4 is 5.32 Å². The summed E-state index contributed by atoms with van der Waals surface area (Å²) in [6, 6.07) is 1.61. The van der Waals surface area contributed by atoms with Crippen LogP contribution in [0.3, 0.4) is 0 Å². The smallest absolute Gasteiger partial charge is 0.342 e. The zero-order valence-electron chi connectivity index (χ0n) is 11.1. The van der Waals surface area contributed by atoms with E-state index in [1.807, 2.05) is 0 Å². The van der Waals surface area contributed by atoms with Gasteiger partial charge in [0.2, 0.25) is 5.89 Å². The summed E-state index contributed by atoms with van der Waals surface area (Å²) < 4.78 is 43.1. The number of pyridine rings is 1. The molecule has 2 heterocycles. The Morgan fingerprint density at radius 2 is 2.14 bits per heavy atom. The summed E-state index contributed by atoms with van der Waals surface area (Å²) in [6.07, 6.45) is -3.73. The molecule has 2 rings (SSSR count). The molecule has 112 valence electrons. The van der Waals surface area contributed by atoms with Crippen LogP contribution in [0.2, 0.25) is 0 Å². The van der Waals surface area contributed by atoms with E-state index >= 15 is 0 Å². The predicted molar refractivity (Wildman–Crippen MR) is 64.2 cm³/mol. The third kappa shape index (κ3) is 3.36. The number of aryl methyl sites for hydroxylation is 1. The average molecular weight is 300 g/mol. The number of nitrogens with one attached hydrogen (secondary N) is 1. The van der Waals surface area contributed by atoms with Crippen molar-refractivity contribution in [3.05, 3.63) is 41.3 Å². The number of carbonyl (C=O) groups excluding carboxylic acids is 1. The first-order valence-electron chi connectivity index (χ1n) is 5.92. The molecule has 0 fully saturated rings. The summed E-state index contributed by atoms with van der Waals surface area (Å²) in [7, 11) is 0. The van der Waals surface area contributed by atoms with Gasteiger partial charge in [-0.15, -0.1) is 0 Å².